The molecule has 0 aliphatic carbocycles. The third kappa shape index (κ3) is 5.69. The molecule has 1 N–H and O–H groups in total. The lowest BCUT2D eigenvalue weighted by Gasteiger charge is -2.25. The van der Waals surface area contributed by atoms with Crippen molar-refractivity contribution >= 4 is 5.91 Å². The zero-order valence-electron chi connectivity index (χ0n) is 13.5. The van der Waals surface area contributed by atoms with Crippen LogP contribution in [0.1, 0.15) is 31.9 Å². The Hall–Kier alpha value is -1.53. The van der Waals surface area contributed by atoms with Crippen molar-refractivity contribution in [3.63, 3.8) is 0 Å². The van der Waals surface area contributed by atoms with Gasteiger partial charge in [0.05, 0.1) is 18.8 Å². The van der Waals surface area contributed by atoms with Crippen molar-refractivity contribution in [3.8, 4) is 0 Å². The van der Waals surface area contributed by atoms with E-state index in [9.17, 15) is 13.6 Å². The van der Waals surface area contributed by atoms with Crippen molar-refractivity contribution in [1.29, 1.82) is 0 Å². The van der Waals surface area contributed by atoms with E-state index < -0.39 is 17.7 Å². The van der Waals surface area contributed by atoms with Crippen LogP contribution < -0.4 is 5.32 Å². The molecule has 0 spiro atoms. The summed E-state index contributed by atoms with van der Waals surface area (Å²) >= 11 is 0. The van der Waals surface area contributed by atoms with Gasteiger partial charge in [-0.25, -0.2) is 8.78 Å². The minimum Gasteiger partial charge on any atom is -0.378 e. The highest BCUT2D eigenvalue weighted by atomic mass is 19.1. The molecule has 1 aromatic carbocycles. The van der Waals surface area contributed by atoms with Gasteiger partial charge in [0.2, 0.25) is 5.91 Å². The third-order valence-electron chi connectivity index (χ3n) is 3.23. The van der Waals surface area contributed by atoms with E-state index in [0.29, 0.717) is 6.61 Å². The molecule has 1 amide bonds. The predicted molar refractivity (Wildman–Crippen MR) is 81.5 cm³/mol. The first-order valence-electron chi connectivity index (χ1n) is 7.31. The molecular weight excluding hydrogens is 290 g/mol. The molecule has 0 aliphatic heterocycles. The van der Waals surface area contributed by atoms with E-state index in [1.807, 2.05) is 13.8 Å². The van der Waals surface area contributed by atoms with Crippen LogP contribution in [0.15, 0.2) is 18.2 Å². The van der Waals surface area contributed by atoms with Crippen LogP contribution in [0.25, 0.3) is 0 Å². The monoisotopic (exact) mass is 314 g/mol. The summed E-state index contributed by atoms with van der Waals surface area (Å²) in [6.45, 7) is 4.23. The summed E-state index contributed by atoms with van der Waals surface area (Å²) in [6, 6.07) is 3.18. The van der Waals surface area contributed by atoms with Crippen LogP contribution in [-0.2, 0) is 9.53 Å². The van der Waals surface area contributed by atoms with Gasteiger partial charge >= 0.3 is 0 Å². The molecule has 0 heterocycles. The van der Waals surface area contributed by atoms with E-state index in [2.05, 4.69) is 5.32 Å². The lowest BCUT2D eigenvalue weighted by atomic mass is 10.0. The molecule has 0 radical (unpaired) electrons. The van der Waals surface area contributed by atoms with Gasteiger partial charge in [-0.3, -0.25) is 4.79 Å². The van der Waals surface area contributed by atoms with Crippen LogP contribution in [0.2, 0.25) is 0 Å². The zero-order chi connectivity index (χ0) is 16.7. The Morgan fingerprint density at radius 2 is 1.86 bits per heavy atom. The van der Waals surface area contributed by atoms with Gasteiger partial charge in [-0.15, -0.1) is 0 Å². The quantitative estimate of drug-likeness (QED) is 0.801. The maximum absolute atomic E-state index is 13.9. The van der Waals surface area contributed by atoms with Crippen LogP contribution >= 0.6 is 0 Å². The van der Waals surface area contributed by atoms with Crippen LogP contribution in [0.5, 0.6) is 0 Å². The Kier molecular flexibility index (Phi) is 7.41. The van der Waals surface area contributed by atoms with Gasteiger partial charge in [-0.05, 0) is 40.1 Å². The molecular formula is C16H24F2N2O2. The summed E-state index contributed by atoms with van der Waals surface area (Å²) in [5.41, 5.74) is -0.0359. The first kappa shape index (κ1) is 18.5. The summed E-state index contributed by atoms with van der Waals surface area (Å²) in [4.78, 5) is 13.4. The Morgan fingerprint density at radius 1 is 1.27 bits per heavy atom. The van der Waals surface area contributed by atoms with Gasteiger partial charge in [0.25, 0.3) is 0 Å². The van der Waals surface area contributed by atoms with Crippen LogP contribution in [0, 0.1) is 11.6 Å². The van der Waals surface area contributed by atoms with Gasteiger partial charge < -0.3 is 15.0 Å². The zero-order valence-corrected chi connectivity index (χ0v) is 13.5. The number of ether oxygens (including phenoxy) is 1. The predicted octanol–water partition coefficient (Wildman–Crippen LogP) is 2.50. The van der Waals surface area contributed by atoms with Gasteiger partial charge in [-0.1, -0.05) is 6.07 Å². The van der Waals surface area contributed by atoms with E-state index in [1.54, 1.807) is 19.0 Å². The fourth-order valence-corrected chi connectivity index (χ4v) is 2.06. The number of hydrogen-bond donors (Lipinski definition) is 1. The average Bonchev–Trinajstić information content (AvgIpc) is 2.41. The average molecular weight is 314 g/mol. The fraction of sp³-hybridized carbons (Fsp3) is 0.562. The van der Waals surface area contributed by atoms with Gasteiger partial charge in [0.15, 0.2) is 0 Å². The fourth-order valence-electron chi connectivity index (χ4n) is 2.06. The molecule has 1 rings (SSSR count). The summed E-state index contributed by atoms with van der Waals surface area (Å²) in [6.07, 6.45) is 0.285. The number of carbonyl (C=O) groups is 1. The van der Waals surface area contributed by atoms with Gasteiger partial charge in [-0.2, -0.15) is 0 Å². The summed E-state index contributed by atoms with van der Waals surface area (Å²) < 4.78 is 33.1. The molecule has 1 atom stereocenters. The highest BCUT2D eigenvalue weighted by Crippen LogP contribution is 2.23. The van der Waals surface area contributed by atoms with Gasteiger partial charge in [0, 0.05) is 18.5 Å². The molecule has 0 unspecified atom stereocenters. The Balaban J connectivity index is 2.64. The summed E-state index contributed by atoms with van der Waals surface area (Å²) in [5, 5.41) is 2.70. The molecule has 0 bridgehead atoms. The largest absolute Gasteiger partial charge is 0.378 e. The highest BCUT2D eigenvalue weighted by Gasteiger charge is 2.22. The van der Waals surface area contributed by atoms with E-state index in [0.717, 1.165) is 0 Å². The molecule has 1 aromatic rings. The van der Waals surface area contributed by atoms with Crippen LogP contribution in [0.4, 0.5) is 8.78 Å². The SMILES string of the molecule is CC(C)OCCC(=O)NC[C@@H](c1c(F)cccc1F)N(C)C. The number of benzene rings is 1. The van der Waals surface area contributed by atoms with E-state index >= 15 is 0 Å². The first-order chi connectivity index (χ1) is 10.3. The Morgan fingerprint density at radius 3 is 2.36 bits per heavy atom. The minimum absolute atomic E-state index is 0.0359. The summed E-state index contributed by atoms with van der Waals surface area (Å²) in [5.74, 6) is -1.43. The molecule has 0 fully saturated rings. The van der Waals surface area contributed by atoms with Crippen molar-refractivity contribution < 1.29 is 18.3 Å². The number of nitrogens with one attached hydrogen (secondary N) is 1. The number of likely N-dealkylation sites (N-methyl/N-ethyl adjacent to an activating group) is 1. The van der Waals surface area contributed by atoms with Crippen LogP contribution in [0.3, 0.4) is 0 Å². The molecule has 0 saturated carbocycles. The molecule has 4 nitrogen and oxygen atoms in total. The molecule has 124 valence electrons. The minimum atomic E-state index is -0.615. The number of carbonyl (C=O) groups excluding carboxylic acids is 1. The number of nitrogens with zero attached hydrogens (tertiary/aromatic N) is 1. The molecule has 0 aliphatic rings. The maximum atomic E-state index is 13.9. The van der Waals surface area contributed by atoms with E-state index in [1.165, 1.54) is 18.2 Å². The topological polar surface area (TPSA) is 41.6 Å². The number of halogens is 2. The first-order valence-corrected chi connectivity index (χ1v) is 7.31. The van der Waals surface area contributed by atoms with Crippen molar-refractivity contribution in [2.45, 2.75) is 32.4 Å². The second-order valence-electron chi connectivity index (χ2n) is 5.59. The van der Waals surface area contributed by atoms with Crippen molar-refractivity contribution in [2.75, 3.05) is 27.2 Å². The molecule has 0 aromatic heterocycles. The van der Waals surface area contributed by atoms with E-state index in [4.69, 9.17) is 4.74 Å². The maximum Gasteiger partial charge on any atom is 0.222 e. The lowest BCUT2D eigenvalue weighted by molar-refractivity contribution is -0.122. The number of rotatable bonds is 8. The standard InChI is InChI=1S/C16H24F2N2O2/c1-11(2)22-9-8-15(21)19-10-14(20(3)4)16-12(17)6-5-7-13(16)18/h5-7,11,14H,8-10H2,1-4H3,(H,19,21)/t14-/m0/s1. The Labute approximate surface area is 130 Å². The normalized spacial score (nSPS) is 12.7. The van der Waals surface area contributed by atoms with Crippen LogP contribution in [-0.4, -0.2) is 44.2 Å². The third-order valence-corrected chi connectivity index (χ3v) is 3.23. The van der Waals surface area contributed by atoms with Crippen molar-refractivity contribution in [1.82, 2.24) is 10.2 Å². The molecule has 6 heteroatoms. The smallest absolute Gasteiger partial charge is 0.222 e. The van der Waals surface area contributed by atoms with Crippen molar-refractivity contribution in [2.24, 2.45) is 0 Å². The van der Waals surface area contributed by atoms with Gasteiger partial charge in [0.1, 0.15) is 11.6 Å². The van der Waals surface area contributed by atoms with E-state index in [-0.39, 0.29) is 30.5 Å². The number of hydrogen-bond acceptors (Lipinski definition) is 3. The Bertz CT molecular complexity index is 473. The molecule has 22 heavy (non-hydrogen) atoms. The summed E-state index contributed by atoms with van der Waals surface area (Å²) in [7, 11) is 3.43. The number of amides is 1. The second-order valence-corrected chi connectivity index (χ2v) is 5.59. The van der Waals surface area contributed by atoms with Crippen molar-refractivity contribution in [3.05, 3.63) is 35.4 Å². The molecule has 0 saturated heterocycles. The highest BCUT2D eigenvalue weighted by molar-refractivity contribution is 5.76. The lowest BCUT2D eigenvalue weighted by Crippen LogP contribution is -2.36. The second kappa shape index (κ2) is 8.80.